The highest BCUT2D eigenvalue weighted by atomic mass is 16.6. The number of rotatable bonds is 3. The first kappa shape index (κ1) is 16.7. The van der Waals surface area contributed by atoms with E-state index in [-0.39, 0.29) is 10.8 Å². The van der Waals surface area contributed by atoms with Gasteiger partial charge >= 0.3 is 0 Å². The molecule has 0 saturated carbocycles. The summed E-state index contributed by atoms with van der Waals surface area (Å²) < 4.78 is 9.95. The van der Waals surface area contributed by atoms with Gasteiger partial charge in [-0.1, -0.05) is 52.8 Å². The molecule has 4 rings (SSSR count). The van der Waals surface area contributed by atoms with Gasteiger partial charge in [-0.3, -0.25) is 0 Å². The predicted octanol–water partition coefficient (Wildman–Crippen LogP) is 4.58. The Morgan fingerprint density at radius 2 is 1.50 bits per heavy atom. The first-order chi connectivity index (χ1) is 12.3. The number of benzene rings is 2. The normalized spacial score (nSPS) is 13.0. The molecule has 26 heavy (non-hydrogen) atoms. The number of fused-ring (bicyclic) bond motifs is 2. The molecule has 0 aliphatic heterocycles. The zero-order valence-corrected chi connectivity index (χ0v) is 15.7. The van der Waals surface area contributed by atoms with Crippen molar-refractivity contribution in [1.82, 2.24) is 20.6 Å². The Hall–Kier alpha value is -2.76. The Balaban J connectivity index is 1.83. The van der Waals surface area contributed by atoms with Gasteiger partial charge < -0.3 is 0 Å². The molecule has 2 aromatic carbocycles. The van der Waals surface area contributed by atoms with Crippen LogP contribution in [0, 0.1) is 0 Å². The Morgan fingerprint density at radius 3 is 2.23 bits per heavy atom. The van der Waals surface area contributed by atoms with Gasteiger partial charge in [0, 0.05) is 0 Å². The molecule has 2 heterocycles. The summed E-state index contributed by atoms with van der Waals surface area (Å²) in [4.78, 5) is 0. The lowest BCUT2D eigenvalue weighted by Gasteiger charge is -2.27. The number of hydrogen-bond acceptors (Lipinski definition) is 6. The lowest BCUT2D eigenvalue weighted by Crippen LogP contribution is -2.22. The van der Waals surface area contributed by atoms with Crippen LogP contribution < -0.4 is 0 Å². The van der Waals surface area contributed by atoms with Crippen molar-refractivity contribution in [2.45, 2.75) is 51.9 Å². The van der Waals surface area contributed by atoms with Crippen LogP contribution in [0.25, 0.3) is 22.1 Å². The van der Waals surface area contributed by atoms with E-state index < -0.39 is 0 Å². The minimum Gasteiger partial charge on any atom is -0.243 e. The van der Waals surface area contributed by atoms with Crippen LogP contribution in [0.3, 0.4) is 0 Å². The maximum absolute atomic E-state index is 5.01. The van der Waals surface area contributed by atoms with Crippen LogP contribution in [0.1, 0.15) is 51.3 Å². The molecule has 0 unspecified atom stereocenters. The van der Waals surface area contributed by atoms with Gasteiger partial charge in [-0.05, 0) is 66.7 Å². The average molecular weight is 350 g/mol. The Labute approximate surface area is 151 Å². The van der Waals surface area contributed by atoms with E-state index in [1.165, 1.54) is 5.56 Å². The Kier molecular flexibility index (Phi) is 3.61. The second-order valence-corrected chi connectivity index (χ2v) is 8.52. The summed E-state index contributed by atoms with van der Waals surface area (Å²) in [5.74, 6) is 0. The fraction of sp³-hybridized carbons (Fsp3) is 0.400. The Morgan fingerprint density at radius 1 is 0.808 bits per heavy atom. The summed E-state index contributed by atoms with van der Waals surface area (Å²) >= 11 is 0. The lowest BCUT2D eigenvalue weighted by atomic mass is 9.77. The summed E-state index contributed by atoms with van der Waals surface area (Å²) in [6.07, 6.45) is 0.771. The summed E-state index contributed by atoms with van der Waals surface area (Å²) in [6, 6.07) is 10.3. The third kappa shape index (κ3) is 2.75. The van der Waals surface area contributed by atoms with Gasteiger partial charge in [-0.2, -0.15) is 0 Å². The molecule has 134 valence electrons. The molecule has 4 aromatic rings. The monoisotopic (exact) mass is 350 g/mol. The molecule has 6 nitrogen and oxygen atoms in total. The zero-order chi connectivity index (χ0) is 18.5. The van der Waals surface area contributed by atoms with Crippen LogP contribution in [0.5, 0.6) is 0 Å². The van der Waals surface area contributed by atoms with E-state index in [2.05, 4.69) is 73.4 Å². The topological polar surface area (TPSA) is 77.8 Å². The van der Waals surface area contributed by atoms with Crippen LogP contribution >= 0.6 is 0 Å². The van der Waals surface area contributed by atoms with E-state index in [0.29, 0.717) is 0 Å². The minimum atomic E-state index is -0.194. The molecule has 0 saturated heterocycles. The number of hydrogen-bond donors (Lipinski definition) is 0. The molecule has 0 atom stereocenters. The van der Waals surface area contributed by atoms with E-state index in [0.717, 1.165) is 39.6 Å². The van der Waals surface area contributed by atoms with Crippen molar-refractivity contribution < 1.29 is 9.26 Å². The van der Waals surface area contributed by atoms with Crippen molar-refractivity contribution in [3.05, 3.63) is 47.0 Å². The molecule has 0 aliphatic rings. The largest absolute Gasteiger partial charge is 0.243 e. The van der Waals surface area contributed by atoms with Crippen molar-refractivity contribution in [3.63, 3.8) is 0 Å². The molecule has 0 spiro atoms. The molecule has 0 radical (unpaired) electrons. The van der Waals surface area contributed by atoms with Crippen molar-refractivity contribution in [1.29, 1.82) is 0 Å². The second-order valence-electron chi connectivity index (χ2n) is 8.52. The molecule has 6 heteroatoms. The average Bonchev–Trinajstić information content (AvgIpc) is 3.21. The first-order valence-electron chi connectivity index (χ1n) is 8.73. The molecular formula is C20H22N4O2. The molecular weight excluding hydrogens is 328 g/mol. The predicted molar refractivity (Wildman–Crippen MR) is 99.0 cm³/mol. The van der Waals surface area contributed by atoms with Crippen molar-refractivity contribution in [2.75, 3.05) is 0 Å². The molecule has 0 bridgehead atoms. The van der Waals surface area contributed by atoms with E-state index in [1.807, 2.05) is 12.1 Å². The van der Waals surface area contributed by atoms with Crippen LogP contribution in [0.15, 0.2) is 39.6 Å². The van der Waals surface area contributed by atoms with Crippen molar-refractivity contribution >= 4 is 22.1 Å². The van der Waals surface area contributed by atoms with E-state index in [4.69, 9.17) is 9.26 Å². The highest BCUT2D eigenvalue weighted by Gasteiger charge is 2.28. The lowest BCUT2D eigenvalue weighted by molar-refractivity contribution is 0.314. The van der Waals surface area contributed by atoms with E-state index >= 15 is 0 Å². The number of nitrogens with zero attached hydrogens (tertiary/aromatic N) is 4. The number of aromatic nitrogens is 4. The third-order valence-corrected chi connectivity index (χ3v) is 4.95. The van der Waals surface area contributed by atoms with Gasteiger partial charge in [0.25, 0.3) is 0 Å². The molecule has 0 N–H and O–H groups in total. The standard InChI is InChI=1S/C20H22N4O2/c1-19(2,3)13-9-12(17-16(10-13)22-26-23-17)11-20(4,5)14-7-6-8-15-18(14)24-25-21-15/h6-10H,11H2,1-5H3. The first-order valence-corrected chi connectivity index (χ1v) is 8.73. The fourth-order valence-electron chi connectivity index (χ4n) is 3.45. The third-order valence-electron chi connectivity index (χ3n) is 4.95. The van der Waals surface area contributed by atoms with Crippen LogP contribution in [-0.2, 0) is 17.3 Å². The summed E-state index contributed by atoms with van der Waals surface area (Å²) in [5, 5.41) is 16.3. The summed E-state index contributed by atoms with van der Waals surface area (Å²) in [7, 11) is 0. The molecule has 0 fully saturated rings. The maximum atomic E-state index is 5.01. The van der Waals surface area contributed by atoms with Gasteiger partial charge in [0.15, 0.2) is 0 Å². The van der Waals surface area contributed by atoms with E-state index in [9.17, 15) is 0 Å². The highest BCUT2D eigenvalue weighted by molar-refractivity contribution is 5.80. The second kappa shape index (κ2) is 5.62. The maximum Gasteiger partial charge on any atom is 0.138 e. The molecule has 0 aliphatic carbocycles. The fourth-order valence-corrected chi connectivity index (χ4v) is 3.45. The van der Waals surface area contributed by atoms with Crippen LogP contribution in [0.4, 0.5) is 0 Å². The zero-order valence-electron chi connectivity index (χ0n) is 15.7. The van der Waals surface area contributed by atoms with Gasteiger partial charge in [0.1, 0.15) is 22.1 Å². The Bertz CT molecular complexity index is 1090. The van der Waals surface area contributed by atoms with Crippen molar-refractivity contribution in [3.8, 4) is 0 Å². The van der Waals surface area contributed by atoms with E-state index in [1.54, 1.807) is 0 Å². The molecule has 0 amide bonds. The summed E-state index contributed by atoms with van der Waals surface area (Å²) in [6.45, 7) is 11.0. The minimum absolute atomic E-state index is 0.0160. The van der Waals surface area contributed by atoms with Crippen LogP contribution in [0.2, 0.25) is 0 Å². The smallest absolute Gasteiger partial charge is 0.138 e. The quantitative estimate of drug-likeness (QED) is 0.538. The SMILES string of the molecule is CC(C)(C)c1cc(CC(C)(C)c2cccc3nonc23)c2nonc2c1. The van der Waals surface area contributed by atoms with Gasteiger partial charge in [-0.25, -0.2) is 9.26 Å². The summed E-state index contributed by atoms with van der Waals surface area (Å²) in [5.41, 5.74) is 6.44. The van der Waals surface area contributed by atoms with Gasteiger partial charge in [0.05, 0.1) is 0 Å². The van der Waals surface area contributed by atoms with Gasteiger partial charge in [-0.15, -0.1) is 0 Å². The van der Waals surface area contributed by atoms with Crippen molar-refractivity contribution in [2.24, 2.45) is 0 Å². The highest BCUT2D eigenvalue weighted by Crippen LogP contribution is 2.35. The molecule has 2 aromatic heterocycles. The van der Waals surface area contributed by atoms with Crippen LogP contribution in [-0.4, -0.2) is 20.6 Å². The van der Waals surface area contributed by atoms with Gasteiger partial charge in [0.2, 0.25) is 0 Å².